The fourth-order valence-corrected chi connectivity index (χ4v) is 3.88. The first-order chi connectivity index (χ1) is 14.4. The van der Waals surface area contributed by atoms with Crippen molar-refractivity contribution in [3.63, 3.8) is 0 Å². The van der Waals surface area contributed by atoms with Gasteiger partial charge >= 0.3 is 6.09 Å². The van der Waals surface area contributed by atoms with Crippen LogP contribution in [0.3, 0.4) is 0 Å². The van der Waals surface area contributed by atoms with Gasteiger partial charge in [0.1, 0.15) is 0 Å². The highest BCUT2D eigenvalue weighted by Gasteiger charge is 2.22. The zero-order valence-electron chi connectivity index (χ0n) is 19.2. The second-order valence-corrected chi connectivity index (χ2v) is 8.43. The Hall–Kier alpha value is -2.08. The standard InChI is InChI=1S/C24H39N3O3/c1-5-7-12-21(6-2)18-30-24(29)27-14-9-13-26(15-16-27)17-22(28)25-23-19(3)10-8-11-20(23)4/h8,10-11,21H,5-7,9,12-18H2,1-4H3,(H,25,28). The van der Waals surface area contributed by atoms with Gasteiger partial charge in [-0.25, -0.2) is 4.79 Å². The van der Waals surface area contributed by atoms with Crippen LogP contribution in [0.15, 0.2) is 18.2 Å². The molecule has 1 saturated heterocycles. The Kier molecular flexibility index (Phi) is 10.1. The van der Waals surface area contributed by atoms with E-state index in [-0.39, 0.29) is 12.0 Å². The van der Waals surface area contributed by atoms with Crippen molar-refractivity contribution in [1.82, 2.24) is 9.80 Å². The minimum absolute atomic E-state index is 0.00913. The van der Waals surface area contributed by atoms with Gasteiger partial charge in [0.25, 0.3) is 0 Å². The van der Waals surface area contributed by atoms with Crippen LogP contribution in [-0.4, -0.2) is 61.1 Å². The molecule has 0 spiro atoms. The van der Waals surface area contributed by atoms with Gasteiger partial charge in [0.2, 0.25) is 5.91 Å². The minimum atomic E-state index is -0.216. The number of anilines is 1. The average Bonchev–Trinajstić information content (AvgIpc) is 2.96. The van der Waals surface area contributed by atoms with Gasteiger partial charge in [0, 0.05) is 31.9 Å². The Bertz CT molecular complexity index is 672. The molecule has 1 aliphatic rings. The van der Waals surface area contributed by atoms with Crippen molar-refractivity contribution < 1.29 is 14.3 Å². The number of aryl methyl sites for hydroxylation is 2. The quantitative estimate of drug-likeness (QED) is 0.638. The lowest BCUT2D eigenvalue weighted by Crippen LogP contribution is -2.38. The molecular weight excluding hydrogens is 378 g/mol. The number of hydrogen-bond acceptors (Lipinski definition) is 4. The van der Waals surface area contributed by atoms with Gasteiger partial charge in [-0.05, 0) is 43.7 Å². The molecule has 2 rings (SSSR count). The third-order valence-corrected chi connectivity index (χ3v) is 5.95. The third-order valence-electron chi connectivity index (χ3n) is 5.95. The third kappa shape index (κ3) is 7.63. The number of hydrogen-bond donors (Lipinski definition) is 1. The Morgan fingerprint density at radius 1 is 1.10 bits per heavy atom. The van der Waals surface area contributed by atoms with Gasteiger partial charge in [-0.15, -0.1) is 0 Å². The number of carbonyl (C=O) groups excluding carboxylic acids is 2. The molecule has 1 aliphatic heterocycles. The van der Waals surface area contributed by atoms with Gasteiger partial charge < -0.3 is 15.0 Å². The molecule has 0 saturated carbocycles. The second kappa shape index (κ2) is 12.6. The predicted octanol–water partition coefficient (Wildman–Crippen LogP) is 4.60. The molecular formula is C24H39N3O3. The van der Waals surface area contributed by atoms with Crippen molar-refractivity contribution in [3.05, 3.63) is 29.3 Å². The largest absolute Gasteiger partial charge is 0.449 e. The van der Waals surface area contributed by atoms with E-state index < -0.39 is 0 Å². The van der Waals surface area contributed by atoms with Crippen molar-refractivity contribution in [2.45, 2.75) is 59.8 Å². The minimum Gasteiger partial charge on any atom is -0.449 e. The molecule has 168 valence electrons. The molecule has 0 bridgehead atoms. The second-order valence-electron chi connectivity index (χ2n) is 8.43. The maximum atomic E-state index is 12.6. The lowest BCUT2D eigenvalue weighted by molar-refractivity contribution is -0.117. The Balaban J connectivity index is 1.78. The highest BCUT2D eigenvalue weighted by Crippen LogP contribution is 2.19. The monoisotopic (exact) mass is 417 g/mol. The Morgan fingerprint density at radius 3 is 2.50 bits per heavy atom. The topological polar surface area (TPSA) is 61.9 Å². The highest BCUT2D eigenvalue weighted by atomic mass is 16.6. The fraction of sp³-hybridized carbons (Fsp3) is 0.667. The van der Waals surface area contributed by atoms with Crippen molar-refractivity contribution in [2.75, 3.05) is 44.6 Å². The normalized spacial score (nSPS) is 16.1. The van der Waals surface area contributed by atoms with Gasteiger partial charge in [-0.1, -0.05) is 51.3 Å². The summed E-state index contributed by atoms with van der Waals surface area (Å²) >= 11 is 0. The van der Waals surface area contributed by atoms with Crippen molar-refractivity contribution in [1.29, 1.82) is 0 Å². The maximum Gasteiger partial charge on any atom is 0.409 e. The van der Waals surface area contributed by atoms with Crippen LogP contribution < -0.4 is 5.32 Å². The lowest BCUT2D eigenvalue weighted by Gasteiger charge is -2.23. The predicted molar refractivity (Wildman–Crippen MR) is 122 cm³/mol. The maximum absolute atomic E-state index is 12.6. The lowest BCUT2D eigenvalue weighted by atomic mass is 10.0. The van der Waals surface area contributed by atoms with E-state index in [2.05, 4.69) is 24.1 Å². The molecule has 1 N–H and O–H groups in total. The molecule has 0 aromatic heterocycles. The van der Waals surface area contributed by atoms with E-state index in [1.165, 1.54) is 12.8 Å². The summed E-state index contributed by atoms with van der Waals surface area (Å²) in [5.74, 6) is 0.441. The van der Waals surface area contributed by atoms with Gasteiger partial charge in [-0.3, -0.25) is 9.69 Å². The fourth-order valence-electron chi connectivity index (χ4n) is 3.88. The average molecular weight is 418 g/mol. The van der Waals surface area contributed by atoms with E-state index in [0.717, 1.165) is 42.6 Å². The summed E-state index contributed by atoms with van der Waals surface area (Å²) in [5.41, 5.74) is 3.03. The highest BCUT2D eigenvalue weighted by molar-refractivity contribution is 5.93. The molecule has 2 amide bonds. The summed E-state index contributed by atoms with van der Waals surface area (Å²) in [6.45, 7) is 12.0. The molecule has 30 heavy (non-hydrogen) atoms. The molecule has 0 aliphatic carbocycles. The number of rotatable bonds is 9. The van der Waals surface area contributed by atoms with Crippen molar-refractivity contribution >= 4 is 17.7 Å². The number of carbonyl (C=O) groups is 2. The summed E-state index contributed by atoms with van der Waals surface area (Å²) < 4.78 is 5.60. The van der Waals surface area contributed by atoms with Crippen molar-refractivity contribution in [2.24, 2.45) is 5.92 Å². The van der Waals surface area contributed by atoms with Gasteiger partial charge in [0.15, 0.2) is 0 Å². The zero-order valence-corrected chi connectivity index (χ0v) is 19.2. The molecule has 6 nitrogen and oxygen atoms in total. The van der Waals surface area contributed by atoms with Crippen LogP contribution in [0.5, 0.6) is 0 Å². The van der Waals surface area contributed by atoms with E-state index in [1.807, 2.05) is 32.0 Å². The van der Waals surface area contributed by atoms with Crippen LogP contribution in [0.1, 0.15) is 57.1 Å². The van der Waals surface area contributed by atoms with Gasteiger partial charge in [0.05, 0.1) is 13.2 Å². The summed E-state index contributed by atoms with van der Waals surface area (Å²) in [6.07, 6.45) is 5.13. The molecule has 1 unspecified atom stereocenters. The van der Waals surface area contributed by atoms with E-state index in [4.69, 9.17) is 4.74 Å². The number of benzene rings is 1. The summed E-state index contributed by atoms with van der Waals surface area (Å²) in [7, 11) is 0. The number of amides is 2. The SMILES string of the molecule is CCCCC(CC)COC(=O)N1CCCN(CC(=O)Nc2c(C)cccc2C)CC1. The van der Waals surface area contributed by atoms with Crippen LogP contribution in [-0.2, 0) is 9.53 Å². The summed E-state index contributed by atoms with van der Waals surface area (Å²) in [4.78, 5) is 29.0. The van der Waals surface area contributed by atoms with E-state index in [0.29, 0.717) is 38.7 Å². The smallest absolute Gasteiger partial charge is 0.409 e. The molecule has 6 heteroatoms. The molecule has 1 fully saturated rings. The van der Waals surface area contributed by atoms with Gasteiger partial charge in [-0.2, -0.15) is 0 Å². The molecule has 1 atom stereocenters. The van der Waals surface area contributed by atoms with Crippen LogP contribution in [0.4, 0.5) is 10.5 Å². The molecule has 0 radical (unpaired) electrons. The first-order valence-electron chi connectivity index (χ1n) is 11.4. The molecule has 1 aromatic carbocycles. The first-order valence-corrected chi connectivity index (χ1v) is 11.4. The Labute approximate surface area is 182 Å². The summed E-state index contributed by atoms with van der Waals surface area (Å²) in [5, 5.41) is 3.05. The summed E-state index contributed by atoms with van der Waals surface area (Å²) in [6, 6.07) is 6.00. The number of nitrogens with one attached hydrogen (secondary N) is 1. The number of nitrogens with zero attached hydrogens (tertiary/aromatic N) is 2. The zero-order chi connectivity index (χ0) is 21.9. The number of para-hydroxylation sites is 1. The molecule has 1 aromatic rings. The number of ether oxygens (including phenoxy) is 1. The van der Waals surface area contributed by atoms with Crippen LogP contribution >= 0.6 is 0 Å². The number of unbranched alkanes of at least 4 members (excludes halogenated alkanes) is 1. The Morgan fingerprint density at radius 2 is 1.83 bits per heavy atom. The molecule has 1 heterocycles. The van der Waals surface area contributed by atoms with Crippen molar-refractivity contribution in [3.8, 4) is 0 Å². The van der Waals surface area contributed by atoms with Crippen LogP contribution in [0, 0.1) is 19.8 Å². The van der Waals surface area contributed by atoms with E-state index in [9.17, 15) is 9.59 Å². The van der Waals surface area contributed by atoms with Crippen LogP contribution in [0.2, 0.25) is 0 Å². The van der Waals surface area contributed by atoms with E-state index in [1.54, 1.807) is 4.90 Å². The van der Waals surface area contributed by atoms with E-state index >= 15 is 0 Å². The first kappa shape index (κ1) is 24.2. The van der Waals surface area contributed by atoms with Crippen LogP contribution in [0.25, 0.3) is 0 Å².